The first-order valence-electron chi connectivity index (χ1n) is 9.79. The lowest BCUT2D eigenvalue weighted by atomic mass is 9.91. The molecule has 3 heterocycles. The highest BCUT2D eigenvalue weighted by Crippen LogP contribution is 2.28. The first kappa shape index (κ1) is 20.6. The van der Waals surface area contributed by atoms with Crippen LogP contribution in [0.25, 0.3) is 0 Å². The number of carbonyl (C=O) groups excluding carboxylic acids is 2. The lowest BCUT2D eigenvalue weighted by molar-refractivity contribution is 0.0955. The van der Waals surface area contributed by atoms with Crippen molar-refractivity contribution in [3.8, 4) is 0 Å². The summed E-state index contributed by atoms with van der Waals surface area (Å²) in [5.74, 6) is -2.46. The van der Waals surface area contributed by atoms with Gasteiger partial charge in [-0.2, -0.15) is 0 Å². The molecule has 0 aliphatic carbocycles. The summed E-state index contributed by atoms with van der Waals surface area (Å²) in [6, 6.07) is 7.98. The first-order chi connectivity index (χ1) is 14.9. The second kappa shape index (κ2) is 8.22. The molecule has 0 saturated carbocycles. The van der Waals surface area contributed by atoms with Gasteiger partial charge in [-0.05, 0) is 54.2 Å². The van der Waals surface area contributed by atoms with Crippen LogP contribution in [0.5, 0.6) is 0 Å². The van der Waals surface area contributed by atoms with E-state index in [0.29, 0.717) is 24.1 Å². The van der Waals surface area contributed by atoms with Crippen LogP contribution < -0.4 is 10.2 Å². The Bertz CT molecular complexity index is 1180. The van der Waals surface area contributed by atoms with E-state index >= 15 is 0 Å². The van der Waals surface area contributed by atoms with Crippen LogP contribution in [-0.4, -0.2) is 35.4 Å². The summed E-state index contributed by atoms with van der Waals surface area (Å²) < 4.78 is 27.4. The third-order valence-electron chi connectivity index (χ3n) is 5.37. The normalized spacial score (nSPS) is 13.2. The largest absolute Gasteiger partial charge is 0.354 e. The minimum atomic E-state index is -0.869. The van der Waals surface area contributed by atoms with Gasteiger partial charge in [0, 0.05) is 31.4 Å². The minimum absolute atomic E-state index is 0.173. The summed E-state index contributed by atoms with van der Waals surface area (Å²) in [6.45, 7) is 2.24. The van der Waals surface area contributed by atoms with E-state index in [1.54, 1.807) is 19.3 Å². The Hall–Kier alpha value is -3.68. The number of carbonyl (C=O) groups is 2. The van der Waals surface area contributed by atoms with Gasteiger partial charge >= 0.3 is 0 Å². The molecule has 0 saturated heterocycles. The zero-order valence-electron chi connectivity index (χ0n) is 17.1. The van der Waals surface area contributed by atoms with E-state index < -0.39 is 11.6 Å². The summed E-state index contributed by atoms with van der Waals surface area (Å²) in [4.78, 5) is 33.9. The van der Waals surface area contributed by atoms with Crippen molar-refractivity contribution in [2.24, 2.45) is 0 Å². The Morgan fingerprint density at radius 2 is 1.97 bits per heavy atom. The van der Waals surface area contributed by atoms with Crippen molar-refractivity contribution in [1.29, 1.82) is 0 Å². The van der Waals surface area contributed by atoms with Crippen LogP contribution in [0.2, 0.25) is 0 Å². The average Bonchev–Trinajstić information content (AvgIpc) is 2.76. The molecule has 158 valence electrons. The molecule has 4 rings (SSSR count). The molecular weight excluding hydrogens is 402 g/mol. The van der Waals surface area contributed by atoms with E-state index in [0.717, 1.165) is 34.5 Å². The average molecular weight is 422 g/mol. The summed E-state index contributed by atoms with van der Waals surface area (Å²) in [7, 11) is 1.54. The summed E-state index contributed by atoms with van der Waals surface area (Å²) >= 11 is 0. The molecule has 2 aromatic heterocycles. The molecule has 0 spiro atoms. The van der Waals surface area contributed by atoms with Gasteiger partial charge < -0.3 is 5.32 Å². The molecular formula is C23H20F2N4O2. The number of nitrogens with zero attached hydrogens (tertiary/aromatic N) is 3. The lowest BCUT2D eigenvalue weighted by Gasteiger charge is -2.29. The van der Waals surface area contributed by atoms with Gasteiger partial charge in [0.25, 0.3) is 11.8 Å². The molecule has 1 N–H and O–H groups in total. The molecule has 0 bridgehead atoms. The van der Waals surface area contributed by atoms with E-state index in [9.17, 15) is 18.4 Å². The Kier molecular flexibility index (Phi) is 5.46. The van der Waals surface area contributed by atoms with Crippen LogP contribution >= 0.6 is 0 Å². The van der Waals surface area contributed by atoms with Gasteiger partial charge in [0.15, 0.2) is 11.6 Å². The fourth-order valence-corrected chi connectivity index (χ4v) is 3.71. The fourth-order valence-electron chi connectivity index (χ4n) is 3.71. The summed E-state index contributed by atoms with van der Waals surface area (Å²) in [5.41, 5.74) is 4.54. The van der Waals surface area contributed by atoms with Crippen molar-refractivity contribution in [2.75, 3.05) is 18.5 Å². The van der Waals surface area contributed by atoms with E-state index in [4.69, 9.17) is 0 Å². The third-order valence-corrected chi connectivity index (χ3v) is 5.37. The zero-order valence-corrected chi connectivity index (χ0v) is 17.1. The topological polar surface area (TPSA) is 75.2 Å². The third kappa shape index (κ3) is 4.01. The van der Waals surface area contributed by atoms with Crippen molar-refractivity contribution in [3.05, 3.63) is 87.9 Å². The zero-order chi connectivity index (χ0) is 22.1. The van der Waals surface area contributed by atoms with E-state index in [1.165, 1.54) is 4.90 Å². The number of fused-ring (bicyclic) bond motifs is 1. The SMILES string of the molecule is CNC(=O)c1ccc(Cc2cc3c(cc2C)CCN(c2ncc(F)cc2F)C3=O)cn1. The number of aryl methyl sites for hydroxylation is 1. The predicted octanol–water partition coefficient (Wildman–Crippen LogP) is 3.22. The maximum Gasteiger partial charge on any atom is 0.269 e. The van der Waals surface area contributed by atoms with Crippen molar-refractivity contribution in [1.82, 2.24) is 15.3 Å². The molecule has 1 aliphatic heterocycles. The lowest BCUT2D eigenvalue weighted by Crippen LogP contribution is -2.39. The highest BCUT2D eigenvalue weighted by Gasteiger charge is 2.29. The number of benzene rings is 1. The number of amides is 2. The van der Waals surface area contributed by atoms with Gasteiger partial charge in [-0.15, -0.1) is 0 Å². The molecule has 1 aliphatic rings. The maximum atomic E-state index is 14.2. The van der Waals surface area contributed by atoms with E-state index in [1.807, 2.05) is 25.1 Å². The molecule has 1 aromatic carbocycles. The van der Waals surface area contributed by atoms with Crippen LogP contribution in [0.3, 0.4) is 0 Å². The standard InChI is InChI=1S/C23H20F2N4O2/c1-13-7-15-5-6-29(21-19(25)10-17(24)12-28-21)23(31)18(15)9-16(13)8-14-3-4-20(27-11-14)22(30)26-2/h3-4,7,9-12H,5-6,8H2,1-2H3,(H,26,30). The second-order valence-corrected chi connectivity index (χ2v) is 7.41. The van der Waals surface area contributed by atoms with Gasteiger partial charge in [0.05, 0.1) is 6.20 Å². The molecule has 0 fully saturated rings. The van der Waals surface area contributed by atoms with Gasteiger partial charge in [-0.3, -0.25) is 19.5 Å². The van der Waals surface area contributed by atoms with Crippen LogP contribution in [0.15, 0.2) is 42.7 Å². The smallest absolute Gasteiger partial charge is 0.269 e. The van der Waals surface area contributed by atoms with E-state index in [2.05, 4.69) is 15.3 Å². The predicted molar refractivity (Wildman–Crippen MR) is 111 cm³/mol. The molecule has 31 heavy (non-hydrogen) atoms. The highest BCUT2D eigenvalue weighted by atomic mass is 19.1. The summed E-state index contributed by atoms with van der Waals surface area (Å²) in [6.07, 6.45) is 3.60. The number of hydrogen-bond donors (Lipinski definition) is 1. The Morgan fingerprint density at radius 1 is 1.16 bits per heavy atom. The molecule has 0 radical (unpaired) electrons. The molecule has 0 unspecified atom stereocenters. The monoisotopic (exact) mass is 422 g/mol. The Morgan fingerprint density at radius 3 is 2.65 bits per heavy atom. The van der Waals surface area contributed by atoms with Gasteiger partial charge in [0.1, 0.15) is 11.5 Å². The minimum Gasteiger partial charge on any atom is -0.354 e. The number of hydrogen-bond acceptors (Lipinski definition) is 4. The second-order valence-electron chi connectivity index (χ2n) is 7.41. The highest BCUT2D eigenvalue weighted by molar-refractivity contribution is 6.08. The maximum absolute atomic E-state index is 14.2. The van der Waals surface area contributed by atoms with Crippen LogP contribution in [-0.2, 0) is 12.8 Å². The first-order valence-corrected chi connectivity index (χ1v) is 9.79. The molecule has 0 atom stereocenters. The quantitative estimate of drug-likeness (QED) is 0.701. The molecule has 8 heteroatoms. The van der Waals surface area contributed by atoms with Crippen LogP contribution in [0, 0.1) is 18.6 Å². The number of rotatable bonds is 4. The van der Waals surface area contributed by atoms with Crippen molar-refractivity contribution in [3.63, 3.8) is 0 Å². The summed E-state index contributed by atoms with van der Waals surface area (Å²) in [5, 5.41) is 2.53. The number of halogens is 2. The van der Waals surface area contributed by atoms with Crippen molar-refractivity contribution in [2.45, 2.75) is 19.8 Å². The Labute approximate surface area is 177 Å². The Balaban J connectivity index is 1.63. The number of pyridine rings is 2. The molecule has 2 amide bonds. The van der Waals surface area contributed by atoms with E-state index in [-0.39, 0.29) is 24.2 Å². The molecule has 6 nitrogen and oxygen atoms in total. The number of aromatic nitrogens is 2. The van der Waals surface area contributed by atoms with Crippen molar-refractivity contribution >= 4 is 17.6 Å². The number of nitrogens with one attached hydrogen (secondary N) is 1. The van der Waals surface area contributed by atoms with Crippen LogP contribution in [0.4, 0.5) is 14.6 Å². The van der Waals surface area contributed by atoms with Gasteiger partial charge in [0.2, 0.25) is 0 Å². The van der Waals surface area contributed by atoms with Crippen molar-refractivity contribution < 1.29 is 18.4 Å². The molecule has 3 aromatic rings. The fraction of sp³-hybridized carbons (Fsp3) is 0.217. The number of anilines is 1. The van der Waals surface area contributed by atoms with Gasteiger partial charge in [-0.1, -0.05) is 12.1 Å². The van der Waals surface area contributed by atoms with Gasteiger partial charge in [-0.25, -0.2) is 13.8 Å². The van der Waals surface area contributed by atoms with Crippen LogP contribution in [0.1, 0.15) is 43.1 Å².